The summed E-state index contributed by atoms with van der Waals surface area (Å²) < 4.78 is 10.3. The number of benzene rings is 2. The maximum Gasteiger partial charge on any atom is 0.227 e. The molecule has 0 aliphatic heterocycles. The molecule has 4 heteroatoms. The van der Waals surface area contributed by atoms with Gasteiger partial charge in [-0.3, -0.25) is 0 Å². The van der Waals surface area contributed by atoms with Gasteiger partial charge in [0.05, 0.1) is 22.9 Å². The van der Waals surface area contributed by atoms with Gasteiger partial charge in [0, 0.05) is 34.3 Å². The monoisotopic (exact) mass is 492 g/mol. The van der Waals surface area contributed by atoms with Gasteiger partial charge in [-0.15, -0.1) is 0 Å². The summed E-state index contributed by atoms with van der Waals surface area (Å²) in [6.45, 7) is 6.33. The Morgan fingerprint density at radius 3 is 2.69 bits per heavy atom. The number of fused-ring (bicyclic) bond motifs is 3. The molecule has 0 fully saturated rings. The summed E-state index contributed by atoms with van der Waals surface area (Å²) in [5.74, 6) is 0. The number of nitrogens with zero attached hydrogens (tertiary/aromatic N) is 2. The van der Waals surface area contributed by atoms with E-state index >= 15 is 0 Å². The molecular formula is C25H21IN2O. The van der Waals surface area contributed by atoms with Gasteiger partial charge in [-0.05, 0) is 49.6 Å². The molecule has 0 radical (unpaired) electrons. The zero-order valence-corrected chi connectivity index (χ0v) is 18.8. The molecule has 0 atom stereocenters. The zero-order chi connectivity index (χ0) is 20.4. The molecule has 0 bridgehead atoms. The van der Waals surface area contributed by atoms with Crippen molar-refractivity contribution in [3.05, 3.63) is 89.1 Å². The third-order valence-corrected chi connectivity index (χ3v) is 5.35. The van der Waals surface area contributed by atoms with E-state index in [0.717, 1.165) is 38.6 Å². The largest absolute Gasteiger partial charge is 0.437 e. The van der Waals surface area contributed by atoms with E-state index in [-0.39, 0.29) is 0 Å². The van der Waals surface area contributed by atoms with E-state index in [9.17, 15) is 0 Å². The first-order valence-electron chi connectivity index (χ1n) is 9.45. The average Bonchev–Trinajstić information content (AvgIpc) is 3.09. The summed E-state index contributed by atoms with van der Waals surface area (Å²) >= 11 is 2.02. The van der Waals surface area contributed by atoms with Crippen LogP contribution in [0.1, 0.15) is 29.2 Å². The Morgan fingerprint density at radius 2 is 1.90 bits per heavy atom. The lowest BCUT2D eigenvalue weighted by Gasteiger charge is -2.07. The predicted molar refractivity (Wildman–Crippen MR) is 132 cm³/mol. The Kier molecular flexibility index (Phi) is 5.62. The van der Waals surface area contributed by atoms with Crippen molar-refractivity contribution in [3.8, 4) is 0 Å². The molecular weight excluding hydrogens is 471 g/mol. The molecule has 2 heterocycles. The number of pyridine rings is 1. The highest BCUT2D eigenvalue weighted by Gasteiger charge is 2.14. The van der Waals surface area contributed by atoms with Crippen molar-refractivity contribution < 1.29 is 4.42 Å². The van der Waals surface area contributed by atoms with Crippen molar-refractivity contribution in [1.82, 2.24) is 4.98 Å². The molecule has 2 aromatic carbocycles. The Morgan fingerprint density at radius 1 is 1.03 bits per heavy atom. The number of hydrogen-bond donors (Lipinski definition) is 0. The molecule has 4 aromatic rings. The van der Waals surface area contributed by atoms with Crippen LogP contribution in [0, 0.1) is 13.8 Å². The number of allylic oxidation sites excluding steroid dienone is 4. The van der Waals surface area contributed by atoms with E-state index in [1.165, 1.54) is 11.1 Å². The van der Waals surface area contributed by atoms with Gasteiger partial charge in [0.15, 0.2) is 0 Å². The van der Waals surface area contributed by atoms with Crippen LogP contribution < -0.4 is 0 Å². The molecule has 3 nitrogen and oxygen atoms in total. The highest BCUT2D eigenvalue weighted by atomic mass is 127. The summed E-state index contributed by atoms with van der Waals surface area (Å²) in [5, 5.41) is 2.14. The minimum atomic E-state index is 0.676. The van der Waals surface area contributed by atoms with Gasteiger partial charge < -0.3 is 4.42 Å². The van der Waals surface area contributed by atoms with E-state index < -0.39 is 0 Å². The second-order valence-electron chi connectivity index (χ2n) is 7.16. The lowest BCUT2D eigenvalue weighted by atomic mass is 9.97. The number of furan rings is 1. The van der Waals surface area contributed by atoms with Gasteiger partial charge in [0.25, 0.3) is 0 Å². The standard InChI is InChI=1S/C25H21IN2O/c1-16-6-4-7-19(14-16)20(15-28-26)11-9-17(2)23-18(3)10-12-21-22-8-5-13-27-25(22)29-24(21)23/h4-15H,1-3H3/b17-9+,20-11+,28-15?. The molecule has 0 aliphatic rings. The Balaban J connectivity index is 1.85. The quantitative estimate of drug-likeness (QED) is 0.168. The summed E-state index contributed by atoms with van der Waals surface area (Å²) in [7, 11) is 0. The topological polar surface area (TPSA) is 38.4 Å². The third kappa shape index (κ3) is 3.90. The molecule has 29 heavy (non-hydrogen) atoms. The van der Waals surface area contributed by atoms with Crippen LogP contribution in [0.3, 0.4) is 0 Å². The Labute approximate surface area is 184 Å². The number of rotatable bonds is 4. The van der Waals surface area contributed by atoms with Crippen molar-refractivity contribution in [3.63, 3.8) is 0 Å². The smallest absolute Gasteiger partial charge is 0.227 e. The summed E-state index contributed by atoms with van der Waals surface area (Å²) in [5.41, 5.74) is 8.45. The molecule has 4 rings (SSSR count). The number of aryl methyl sites for hydroxylation is 2. The van der Waals surface area contributed by atoms with E-state index in [0.29, 0.717) is 5.71 Å². The second-order valence-corrected chi connectivity index (χ2v) is 7.72. The van der Waals surface area contributed by atoms with E-state index in [1.807, 2.05) is 35.1 Å². The fourth-order valence-electron chi connectivity index (χ4n) is 3.65. The minimum Gasteiger partial charge on any atom is -0.437 e. The van der Waals surface area contributed by atoms with Crippen LogP contribution >= 0.6 is 22.9 Å². The maximum absolute atomic E-state index is 6.14. The van der Waals surface area contributed by atoms with E-state index in [4.69, 9.17) is 4.42 Å². The fraction of sp³-hybridized carbons (Fsp3) is 0.120. The van der Waals surface area contributed by atoms with Crippen molar-refractivity contribution in [2.24, 2.45) is 3.21 Å². The van der Waals surface area contributed by atoms with Gasteiger partial charge in [0.1, 0.15) is 5.58 Å². The molecule has 0 amide bonds. The molecule has 0 unspecified atom stereocenters. The summed E-state index contributed by atoms with van der Waals surface area (Å²) in [4.78, 5) is 4.38. The molecule has 2 aromatic heterocycles. The normalized spacial score (nSPS) is 13.1. The van der Waals surface area contributed by atoms with Crippen LogP contribution in [0.4, 0.5) is 0 Å². The first kappa shape index (κ1) is 19.6. The molecule has 0 spiro atoms. The third-order valence-electron chi connectivity index (χ3n) is 5.07. The number of halogens is 1. The first-order valence-corrected chi connectivity index (χ1v) is 10.4. The molecule has 144 valence electrons. The minimum absolute atomic E-state index is 0.676. The van der Waals surface area contributed by atoms with Gasteiger partial charge >= 0.3 is 0 Å². The molecule has 0 saturated carbocycles. The van der Waals surface area contributed by atoms with Gasteiger partial charge in [-0.2, -0.15) is 0 Å². The SMILES string of the molecule is C/C(=C\C=C(/C=NI)c1cccc(C)c1)c1c(C)ccc2c1oc1ncccc12. The van der Waals surface area contributed by atoms with Gasteiger partial charge in [-0.25, -0.2) is 8.19 Å². The lowest BCUT2D eigenvalue weighted by Crippen LogP contribution is -1.88. The Hall–Kier alpha value is -2.73. The molecule has 0 N–H and O–H groups in total. The van der Waals surface area contributed by atoms with Crippen LogP contribution in [0.15, 0.2) is 74.5 Å². The molecule has 0 aliphatic carbocycles. The van der Waals surface area contributed by atoms with Crippen LogP contribution in [0.25, 0.3) is 33.2 Å². The summed E-state index contributed by atoms with van der Waals surface area (Å²) in [6.07, 6.45) is 7.90. The van der Waals surface area contributed by atoms with Crippen molar-refractivity contribution in [2.75, 3.05) is 0 Å². The van der Waals surface area contributed by atoms with Crippen molar-refractivity contribution >= 4 is 62.3 Å². The average molecular weight is 492 g/mol. The second kappa shape index (κ2) is 8.33. The van der Waals surface area contributed by atoms with E-state index in [1.54, 1.807) is 6.20 Å². The lowest BCUT2D eigenvalue weighted by molar-refractivity contribution is 0.652. The first-order chi connectivity index (χ1) is 14.1. The van der Waals surface area contributed by atoms with Crippen molar-refractivity contribution in [2.45, 2.75) is 20.8 Å². The molecule has 0 saturated heterocycles. The van der Waals surface area contributed by atoms with Crippen LogP contribution in [0.5, 0.6) is 0 Å². The highest BCUT2D eigenvalue weighted by Crippen LogP contribution is 2.34. The maximum atomic E-state index is 6.14. The predicted octanol–water partition coefficient (Wildman–Crippen LogP) is 7.51. The van der Waals surface area contributed by atoms with Crippen LogP contribution in [0.2, 0.25) is 0 Å². The van der Waals surface area contributed by atoms with Gasteiger partial charge in [-0.1, -0.05) is 54.1 Å². The zero-order valence-electron chi connectivity index (χ0n) is 16.6. The summed E-state index contributed by atoms with van der Waals surface area (Å²) in [6, 6.07) is 16.7. The van der Waals surface area contributed by atoms with Crippen LogP contribution in [-0.2, 0) is 0 Å². The van der Waals surface area contributed by atoms with E-state index in [2.05, 4.69) is 83.6 Å². The number of hydrogen-bond acceptors (Lipinski definition) is 3. The fourth-order valence-corrected chi connectivity index (χ4v) is 3.95. The van der Waals surface area contributed by atoms with Crippen LogP contribution in [-0.4, -0.2) is 11.2 Å². The van der Waals surface area contributed by atoms with Gasteiger partial charge in [0.2, 0.25) is 5.71 Å². The van der Waals surface area contributed by atoms with Crippen molar-refractivity contribution in [1.29, 1.82) is 0 Å². The number of aromatic nitrogens is 1. The highest BCUT2D eigenvalue weighted by molar-refractivity contribution is 14.1. The Bertz CT molecular complexity index is 1290.